The van der Waals surface area contributed by atoms with E-state index in [-0.39, 0.29) is 28.6 Å². The third kappa shape index (κ3) is 3.91. The number of aliphatic hydroxyl groups is 1. The number of amides is 1. The van der Waals surface area contributed by atoms with E-state index < -0.39 is 11.7 Å². The summed E-state index contributed by atoms with van der Waals surface area (Å²) in [5.41, 5.74) is 0.867. The van der Waals surface area contributed by atoms with E-state index in [0.29, 0.717) is 18.7 Å². The standard InChI is InChI=1S/C18H18ClFN2O3/c1-25-16-5-2-10(9-21-16)17(11-6-13(23)7-11)22-18(24)14-8-12(20)3-4-15(14)19/h2-5,8-9,11,13,17,23H,6-7H2,1H3,(H,22,24). The molecule has 1 aromatic heterocycles. The molecular formula is C18H18ClFN2O3. The zero-order valence-electron chi connectivity index (χ0n) is 13.6. The van der Waals surface area contributed by atoms with Crippen molar-refractivity contribution >= 4 is 17.5 Å². The quantitative estimate of drug-likeness (QED) is 0.855. The van der Waals surface area contributed by atoms with Crippen molar-refractivity contribution < 1.29 is 19.0 Å². The van der Waals surface area contributed by atoms with Gasteiger partial charge in [0.05, 0.1) is 29.8 Å². The normalized spacial score (nSPS) is 20.5. The fourth-order valence-corrected chi connectivity index (χ4v) is 3.17. The Morgan fingerprint density at radius 3 is 2.76 bits per heavy atom. The summed E-state index contributed by atoms with van der Waals surface area (Å²) in [6.45, 7) is 0. The maximum Gasteiger partial charge on any atom is 0.253 e. The Morgan fingerprint density at radius 2 is 2.16 bits per heavy atom. The Bertz CT molecular complexity index is 763. The summed E-state index contributed by atoms with van der Waals surface area (Å²) in [6.07, 6.45) is 2.41. The molecule has 3 rings (SSSR count). The van der Waals surface area contributed by atoms with E-state index in [0.717, 1.165) is 11.6 Å². The van der Waals surface area contributed by atoms with Crippen LogP contribution in [0.25, 0.3) is 0 Å². The number of nitrogens with zero attached hydrogens (tertiary/aromatic N) is 1. The Kier molecular flexibility index (Phi) is 5.20. The van der Waals surface area contributed by atoms with Crippen LogP contribution in [0.5, 0.6) is 5.88 Å². The molecule has 1 atom stereocenters. The van der Waals surface area contributed by atoms with Gasteiger partial charge in [0.1, 0.15) is 5.82 Å². The predicted molar refractivity (Wildman–Crippen MR) is 91.1 cm³/mol. The highest BCUT2D eigenvalue weighted by Crippen LogP contribution is 2.38. The molecule has 1 aliphatic carbocycles. The predicted octanol–water partition coefficient (Wildman–Crippen LogP) is 3.12. The summed E-state index contributed by atoms with van der Waals surface area (Å²) in [5.74, 6) is -0.458. The van der Waals surface area contributed by atoms with Crippen LogP contribution in [0, 0.1) is 11.7 Å². The number of halogens is 2. The van der Waals surface area contributed by atoms with Gasteiger partial charge in [0.15, 0.2) is 0 Å². The van der Waals surface area contributed by atoms with Crippen molar-refractivity contribution in [2.75, 3.05) is 7.11 Å². The number of methoxy groups -OCH3 is 1. The van der Waals surface area contributed by atoms with E-state index >= 15 is 0 Å². The zero-order chi connectivity index (χ0) is 18.0. The molecule has 132 valence electrons. The second-order valence-corrected chi connectivity index (χ2v) is 6.50. The van der Waals surface area contributed by atoms with Crippen LogP contribution in [-0.4, -0.2) is 29.2 Å². The van der Waals surface area contributed by atoms with Gasteiger partial charge in [-0.3, -0.25) is 4.79 Å². The number of benzene rings is 1. The van der Waals surface area contributed by atoms with Crippen LogP contribution in [0.15, 0.2) is 36.5 Å². The van der Waals surface area contributed by atoms with Gasteiger partial charge in [-0.15, -0.1) is 0 Å². The van der Waals surface area contributed by atoms with Gasteiger partial charge in [-0.1, -0.05) is 17.7 Å². The molecular weight excluding hydrogens is 347 g/mol. The number of nitrogens with one attached hydrogen (secondary N) is 1. The van der Waals surface area contributed by atoms with Crippen LogP contribution in [0.2, 0.25) is 5.02 Å². The first-order valence-corrected chi connectivity index (χ1v) is 8.29. The number of pyridine rings is 1. The molecule has 7 heteroatoms. The van der Waals surface area contributed by atoms with Gasteiger partial charge in [0.2, 0.25) is 5.88 Å². The number of hydrogen-bond acceptors (Lipinski definition) is 4. The number of aromatic nitrogens is 1. The molecule has 0 saturated heterocycles. The average Bonchev–Trinajstić information content (AvgIpc) is 2.59. The molecule has 2 N–H and O–H groups in total. The lowest BCUT2D eigenvalue weighted by atomic mass is 9.75. The van der Waals surface area contributed by atoms with E-state index in [9.17, 15) is 14.3 Å². The Hall–Kier alpha value is -2.18. The smallest absolute Gasteiger partial charge is 0.253 e. The summed E-state index contributed by atoms with van der Waals surface area (Å²) >= 11 is 6.01. The highest BCUT2D eigenvalue weighted by Gasteiger charge is 2.36. The van der Waals surface area contributed by atoms with Gasteiger partial charge < -0.3 is 15.2 Å². The molecule has 5 nitrogen and oxygen atoms in total. The van der Waals surface area contributed by atoms with Crippen LogP contribution < -0.4 is 10.1 Å². The zero-order valence-corrected chi connectivity index (χ0v) is 14.3. The number of carbonyl (C=O) groups excluding carboxylic acids is 1. The fourth-order valence-electron chi connectivity index (χ4n) is 2.96. The van der Waals surface area contributed by atoms with Gasteiger partial charge in [0, 0.05) is 12.3 Å². The van der Waals surface area contributed by atoms with E-state index in [1.54, 1.807) is 12.3 Å². The first-order valence-electron chi connectivity index (χ1n) is 7.92. The van der Waals surface area contributed by atoms with Crippen molar-refractivity contribution in [2.24, 2.45) is 5.92 Å². The molecule has 1 aromatic carbocycles. The number of aliphatic hydroxyl groups excluding tert-OH is 1. The summed E-state index contributed by atoms with van der Waals surface area (Å²) < 4.78 is 18.5. The van der Waals surface area contributed by atoms with Crippen molar-refractivity contribution in [3.05, 3.63) is 58.5 Å². The first kappa shape index (κ1) is 17.6. The molecule has 0 radical (unpaired) electrons. The molecule has 1 heterocycles. The number of ether oxygens (including phenoxy) is 1. The lowest BCUT2D eigenvalue weighted by Crippen LogP contribution is -2.41. The molecule has 1 aliphatic rings. The lowest BCUT2D eigenvalue weighted by Gasteiger charge is -2.38. The van der Waals surface area contributed by atoms with Crippen molar-refractivity contribution in [2.45, 2.75) is 25.0 Å². The van der Waals surface area contributed by atoms with Gasteiger partial charge in [0.25, 0.3) is 5.91 Å². The van der Waals surface area contributed by atoms with E-state index in [1.165, 1.54) is 19.2 Å². The number of rotatable bonds is 5. The second kappa shape index (κ2) is 7.37. The molecule has 0 bridgehead atoms. The Labute approximate surface area is 149 Å². The van der Waals surface area contributed by atoms with E-state index in [4.69, 9.17) is 16.3 Å². The molecule has 0 spiro atoms. The Balaban J connectivity index is 1.84. The van der Waals surface area contributed by atoms with Gasteiger partial charge >= 0.3 is 0 Å². The van der Waals surface area contributed by atoms with E-state index in [1.807, 2.05) is 6.07 Å². The summed E-state index contributed by atoms with van der Waals surface area (Å²) in [6, 6.07) is 6.83. The topological polar surface area (TPSA) is 71.5 Å². The maximum absolute atomic E-state index is 13.4. The first-order chi connectivity index (χ1) is 12.0. The van der Waals surface area contributed by atoms with E-state index in [2.05, 4.69) is 10.3 Å². The van der Waals surface area contributed by atoms with Crippen LogP contribution in [0.4, 0.5) is 4.39 Å². The third-order valence-corrected chi connectivity index (χ3v) is 4.74. The third-order valence-electron chi connectivity index (χ3n) is 4.41. The van der Waals surface area contributed by atoms with Crippen molar-refractivity contribution in [3.8, 4) is 5.88 Å². The number of carbonyl (C=O) groups is 1. The average molecular weight is 365 g/mol. The molecule has 1 saturated carbocycles. The van der Waals surface area contributed by atoms with Crippen molar-refractivity contribution in [1.29, 1.82) is 0 Å². The molecule has 2 aromatic rings. The van der Waals surface area contributed by atoms with Crippen LogP contribution in [-0.2, 0) is 0 Å². The molecule has 1 amide bonds. The van der Waals surface area contributed by atoms with Crippen LogP contribution >= 0.6 is 11.6 Å². The summed E-state index contributed by atoms with van der Waals surface area (Å²) in [5, 5.41) is 12.7. The summed E-state index contributed by atoms with van der Waals surface area (Å²) in [7, 11) is 1.52. The SMILES string of the molecule is COc1ccc(C(NC(=O)c2cc(F)ccc2Cl)C2CC(O)C2)cn1. The highest BCUT2D eigenvalue weighted by atomic mass is 35.5. The fraction of sp³-hybridized carbons (Fsp3) is 0.333. The molecule has 1 unspecified atom stereocenters. The minimum absolute atomic E-state index is 0.0708. The van der Waals surface area contributed by atoms with Gasteiger partial charge in [-0.25, -0.2) is 9.37 Å². The van der Waals surface area contributed by atoms with Crippen LogP contribution in [0.3, 0.4) is 0 Å². The highest BCUT2D eigenvalue weighted by molar-refractivity contribution is 6.33. The van der Waals surface area contributed by atoms with Crippen molar-refractivity contribution in [3.63, 3.8) is 0 Å². The van der Waals surface area contributed by atoms with Crippen molar-refractivity contribution in [1.82, 2.24) is 10.3 Å². The van der Waals surface area contributed by atoms with Crippen LogP contribution in [0.1, 0.15) is 34.8 Å². The second-order valence-electron chi connectivity index (χ2n) is 6.09. The largest absolute Gasteiger partial charge is 0.481 e. The maximum atomic E-state index is 13.4. The minimum atomic E-state index is -0.531. The minimum Gasteiger partial charge on any atom is -0.481 e. The Morgan fingerprint density at radius 1 is 1.40 bits per heavy atom. The van der Waals surface area contributed by atoms with Gasteiger partial charge in [-0.05, 0) is 42.5 Å². The number of hydrogen-bond donors (Lipinski definition) is 2. The molecule has 1 fully saturated rings. The van der Waals surface area contributed by atoms with Gasteiger partial charge in [-0.2, -0.15) is 0 Å². The lowest BCUT2D eigenvalue weighted by molar-refractivity contribution is 0.0234. The monoisotopic (exact) mass is 364 g/mol. The molecule has 25 heavy (non-hydrogen) atoms. The summed E-state index contributed by atoms with van der Waals surface area (Å²) in [4.78, 5) is 16.7. The molecule has 0 aliphatic heterocycles.